The van der Waals surface area contributed by atoms with Crippen molar-refractivity contribution in [3.05, 3.63) is 129 Å². The molecule has 0 fully saturated rings. The van der Waals surface area contributed by atoms with Crippen LogP contribution in [0, 0.1) is 0 Å². The molecule has 0 spiro atoms. The first-order valence-corrected chi connectivity index (χ1v) is 27.9. The van der Waals surface area contributed by atoms with E-state index in [9.17, 15) is 42.7 Å². The summed E-state index contributed by atoms with van der Waals surface area (Å²) < 4.78 is 51.3. The summed E-state index contributed by atoms with van der Waals surface area (Å²) in [6.07, 6.45) is 1.30. The van der Waals surface area contributed by atoms with E-state index in [1.165, 1.54) is 13.8 Å². The molecule has 0 atom stereocenters. The summed E-state index contributed by atoms with van der Waals surface area (Å²) in [6, 6.07) is 27.5. The van der Waals surface area contributed by atoms with E-state index in [-0.39, 0.29) is 189 Å². The fraction of sp³-hybridized carbons (Fsp3) is 0.450. The first-order chi connectivity index (χ1) is 41.2. The van der Waals surface area contributed by atoms with Gasteiger partial charge < -0.3 is 71.1 Å². The van der Waals surface area contributed by atoms with Gasteiger partial charge in [-0.1, -0.05) is 59.1 Å². The number of halogens is 4. The molecule has 0 heterocycles. The summed E-state index contributed by atoms with van der Waals surface area (Å²) in [5, 5.41) is 29.4. The van der Waals surface area contributed by atoms with Crippen LogP contribution in [0.15, 0.2) is 97.1 Å². The Morgan fingerprint density at radius 3 is 1.25 bits per heavy atom. The van der Waals surface area contributed by atoms with Crippen LogP contribution in [0.25, 0.3) is 0 Å². The van der Waals surface area contributed by atoms with Gasteiger partial charge in [-0.05, 0) is 179 Å². The molecular formula is C60H80Cl3Cs2FN4O19. The Kier molecular flexibility index (Phi) is 47.9. The van der Waals surface area contributed by atoms with Crippen molar-refractivity contribution >= 4 is 89.2 Å². The minimum Gasteiger partial charge on any atom is -1.00 e. The number of alkyl halides is 2. The van der Waals surface area contributed by atoms with Crippen LogP contribution in [0.3, 0.4) is 0 Å². The molecule has 0 unspecified atom stereocenters. The fourth-order valence-electron chi connectivity index (χ4n) is 6.17. The zero-order valence-corrected chi connectivity index (χ0v) is 67.1. The number of nitrogens with one attached hydrogen (secondary N) is 4. The summed E-state index contributed by atoms with van der Waals surface area (Å²) in [7, 11) is -1.00. The Morgan fingerprint density at radius 1 is 0.573 bits per heavy atom. The Morgan fingerprint density at radius 2 is 0.921 bits per heavy atom. The molecule has 4 aromatic rings. The Hall–Kier alpha value is -3.83. The van der Waals surface area contributed by atoms with Crippen molar-refractivity contribution in [1.29, 1.82) is 0 Å². The van der Waals surface area contributed by atoms with E-state index >= 15 is 0 Å². The first kappa shape index (κ1) is 87.2. The van der Waals surface area contributed by atoms with Crippen LogP contribution in [-0.4, -0.2) is 128 Å². The van der Waals surface area contributed by atoms with Gasteiger partial charge in [-0.2, -0.15) is 0 Å². The molecule has 23 nitrogen and oxygen atoms in total. The average Bonchev–Trinajstić information content (AvgIpc) is 3.60. The summed E-state index contributed by atoms with van der Waals surface area (Å²) in [5.41, 5.74) is -0.663. The van der Waals surface area contributed by atoms with Crippen molar-refractivity contribution in [3.8, 4) is 11.5 Å². The number of ether oxygens (including phenoxy) is 7. The number of carboxylic acid groups (broad SMARTS) is 1. The van der Waals surface area contributed by atoms with Crippen molar-refractivity contribution in [1.82, 2.24) is 21.3 Å². The maximum atomic E-state index is 12.5. The molecule has 4 rings (SSSR count). The number of hydrogen-bond acceptors (Lipinski definition) is 18. The van der Waals surface area contributed by atoms with E-state index in [4.69, 9.17) is 79.8 Å². The maximum absolute atomic E-state index is 12.5. The molecule has 89 heavy (non-hydrogen) atoms. The molecule has 0 aliphatic carbocycles. The number of aliphatic carboxylic acids is 1. The Labute approximate surface area is 654 Å². The second-order valence-electron chi connectivity index (χ2n) is 20.8. The number of benzene rings is 4. The number of carbonyl (C=O) groups excluding carboxylic acids is 8. The summed E-state index contributed by atoms with van der Waals surface area (Å²) in [6.45, 7) is 17.5. The third kappa shape index (κ3) is 45.2. The largest absolute Gasteiger partial charge is 1.00 e. The van der Waals surface area contributed by atoms with Crippen molar-refractivity contribution in [2.24, 2.45) is 0 Å². The molecule has 0 aromatic heterocycles. The predicted octanol–water partition coefficient (Wildman–Crippen LogP) is 3.54. The van der Waals surface area contributed by atoms with Crippen molar-refractivity contribution in [3.63, 3.8) is 0 Å². The molecule has 0 radical (unpaired) electrons. The summed E-state index contributed by atoms with van der Waals surface area (Å²) >= 11 is 16.8. The molecular weight excluding hydrogens is 1470 g/mol. The third-order valence-corrected chi connectivity index (χ3v) is 10.9. The molecule has 0 aliphatic rings. The minimum absolute atomic E-state index is 0. The van der Waals surface area contributed by atoms with E-state index in [0.717, 1.165) is 11.1 Å². The summed E-state index contributed by atoms with van der Waals surface area (Å²) in [5.74, 6) is -2.08. The zero-order valence-electron chi connectivity index (χ0n) is 54.3. The van der Waals surface area contributed by atoms with Gasteiger partial charge in [0.2, 0.25) is 6.79 Å². The van der Waals surface area contributed by atoms with Gasteiger partial charge in [0.15, 0.2) is 17.3 Å². The van der Waals surface area contributed by atoms with Crippen LogP contribution < -0.4 is 174 Å². The van der Waals surface area contributed by atoms with Crippen LogP contribution in [0.2, 0.25) is 10.0 Å². The van der Waals surface area contributed by atoms with Gasteiger partial charge in [-0.3, -0.25) is 28.4 Å². The smallest absolute Gasteiger partial charge is 1.00 e. The van der Waals surface area contributed by atoms with E-state index in [0.29, 0.717) is 78.0 Å². The molecule has 0 bridgehead atoms. The van der Waals surface area contributed by atoms with Crippen LogP contribution in [0.1, 0.15) is 130 Å². The van der Waals surface area contributed by atoms with E-state index < -0.39 is 66.4 Å². The second-order valence-corrected chi connectivity index (χ2v) is 21.9. The van der Waals surface area contributed by atoms with Gasteiger partial charge in [0.1, 0.15) is 22.7 Å². The van der Waals surface area contributed by atoms with Crippen molar-refractivity contribution in [2.75, 3.05) is 46.2 Å². The van der Waals surface area contributed by atoms with Crippen molar-refractivity contribution < 1.29 is 237 Å². The number of carbonyl (C=O) groups is 9. The number of esters is 3. The normalized spacial score (nSPS) is 10.5. The minimum atomic E-state index is -1.34. The SMILES string of the molecule is CC(C)(C)OC(=O)NCCCC(=O)OCCl.CC(C)(C)OC(=O)NCCCC(=O)OCOC(=O)C(C)(C)Oc1ccc(CCNC(=O)c2ccc(Cl)cc2)cc1.CC(C)(Oc1ccc(CCNC(=O)c2ccc(Cl)cc2)cc1)C(=O)O.O=CO[O-].[2H]CF.[Cs+].[Cs+].[H-]. The molecule has 4 aromatic carbocycles. The molecule has 4 amide bonds. The topological polar surface area (TPSA) is 319 Å². The van der Waals surface area contributed by atoms with Gasteiger partial charge in [-0.25, -0.2) is 19.2 Å². The Bertz CT molecular complexity index is 2770. The molecule has 484 valence electrons. The monoisotopic (exact) mass is 1550 g/mol. The molecule has 0 saturated heterocycles. The predicted molar refractivity (Wildman–Crippen MR) is 321 cm³/mol. The van der Waals surface area contributed by atoms with Crippen LogP contribution in [0.5, 0.6) is 11.5 Å². The van der Waals surface area contributed by atoms with Crippen LogP contribution in [-0.2, 0) is 65.4 Å². The summed E-state index contributed by atoms with van der Waals surface area (Å²) in [4.78, 5) is 104. The maximum Gasteiger partial charge on any atom is 1.00 e. The number of alkyl carbamates (subject to hydrolysis) is 2. The van der Waals surface area contributed by atoms with Crippen LogP contribution in [0.4, 0.5) is 14.0 Å². The average molecular weight is 1550 g/mol. The van der Waals surface area contributed by atoms with E-state index in [1.54, 1.807) is 128 Å². The molecule has 29 heteroatoms. The van der Waals surface area contributed by atoms with E-state index in [2.05, 4.69) is 30.9 Å². The van der Waals surface area contributed by atoms with Crippen LogP contribution >= 0.6 is 34.8 Å². The molecule has 0 saturated carbocycles. The van der Waals surface area contributed by atoms with Crippen molar-refractivity contribution in [2.45, 2.75) is 130 Å². The van der Waals surface area contributed by atoms with Gasteiger partial charge >= 0.3 is 174 Å². The number of carboxylic acids is 1. The number of hydrogen-bond donors (Lipinski definition) is 5. The second kappa shape index (κ2) is 48.9. The Balaban J connectivity index is -0.000000633. The van der Waals surface area contributed by atoms with Gasteiger partial charge in [0, 0.05) is 60.2 Å². The van der Waals surface area contributed by atoms with Gasteiger partial charge in [-0.15, -0.1) is 0 Å². The fourth-order valence-corrected chi connectivity index (χ4v) is 6.55. The zero-order chi connectivity index (χ0) is 66.9. The molecule has 5 N–H and O–H groups in total. The van der Waals surface area contributed by atoms with Gasteiger partial charge in [0.25, 0.3) is 18.3 Å². The standard InChI is InChI=1S/C29H37ClN2O8.C19H20ClNO4.C10H18ClNO4.CH3F.CH2O3.2Cs.H/c1-28(2,3)40-27(36)32-17-6-7-24(33)37-19-38-26(35)29(4,5)39-23-14-8-20(9-15-23)16-18-31-25(34)21-10-12-22(30)13-11-21;1-19(2,18(23)24)25-16-9-3-13(4-10-16)11-12-21-17(22)14-5-7-15(20)8-6-14;1-10(2,3)16-9(14)12-6-4-5-8(13)15-7-11;1-2;2-1-4-3;;;/h8-15H,6-7,16-19H2,1-5H3,(H,31,34)(H,32,36);3-10H,11-12H2,1-2H3,(H,21,22)(H,23,24);4-7H2,1-3H3,(H,12,14);1H3;1,3H;;;/q;;;;;2*+1;-1/p-1/i;;;1D;;;;. The van der Waals surface area contributed by atoms with E-state index in [1.807, 2.05) is 24.3 Å². The number of amides is 4. The molecule has 0 aliphatic heterocycles. The quantitative estimate of drug-likeness (QED) is 0.00877. The first-order valence-electron chi connectivity index (χ1n) is 27.3. The third-order valence-electron chi connectivity index (χ3n) is 10.3. The van der Waals surface area contributed by atoms with Gasteiger partial charge in [0.05, 0.1) is 8.52 Å². The number of rotatable bonds is 26.